The highest BCUT2D eigenvalue weighted by atomic mass is 16.3. The molecular weight excluding hydrogens is 374 g/mol. The molecule has 0 aromatic carbocycles. The fourth-order valence-corrected chi connectivity index (χ4v) is 3.56. The first-order valence-corrected chi connectivity index (χ1v) is 8.92. The van der Waals surface area contributed by atoms with Crippen LogP contribution in [-0.2, 0) is 18.4 Å². The molecule has 0 bridgehead atoms. The predicted molar refractivity (Wildman–Crippen MR) is 102 cm³/mol. The number of carbonyl (C=O) groups excluding carboxylic acids is 1. The molecule has 1 amide bonds. The number of carbonyl (C=O) groups is 2. The monoisotopic (exact) mass is 393 g/mol. The molecule has 1 unspecified atom stereocenters. The molecule has 4 aromatic rings. The molecule has 0 fully saturated rings. The first-order chi connectivity index (χ1) is 14.1. The Labute approximate surface area is 165 Å². The second kappa shape index (κ2) is 7.58. The molecule has 0 spiro atoms. The number of aromatic nitrogens is 6. The molecular formula is C19H19N7O3. The van der Waals surface area contributed by atoms with Gasteiger partial charge in [0.25, 0.3) is 12.4 Å². The molecule has 4 aromatic heterocycles. The molecule has 0 saturated carbocycles. The van der Waals surface area contributed by atoms with E-state index >= 15 is 0 Å². The highest BCUT2D eigenvalue weighted by Gasteiger charge is 2.33. The zero-order chi connectivity index (χ0) is 20.4. The zero-order valence-corrected chi connectivity index (χ0v) is 15.6. The molecule has 1 atom stereocenters. The Hall–Kier alpha value is -3.95. The lowest BCUT2D eigenvalue weighted by atomic mass is 9.93. The van der Waals surface area contributed by atoms with Crippen molar-refractivity contribution in [3.63, 3.8) is 0 Å². The summed E-state index contributed by atoms with van der Waals surface area (Å²) in [5, 5.41) is 11.2. The number of nitrogens with one attached hydrogen (secondary N) is 1. The third-order valence-electron chi connectivity index (χ3n) is 4.83. The van der Waals surface area contributed by atoms with Crippen molar-refractivity contribution in [2.24, 2.45) is 7.05 Å². The van der Waals surface area contributed by atoms with E-state index in [1.54, 1.807) is 17.2 Å². The number of hydrogen-bond acceptors (Lipinski definition) is 5. The van der Waals surface area contributed by atoms with Gasteiger partial charge in [-0.1, -0.05) is 6.07 Å². The van der Waals surface area contributed by atoms with Crippen molar-refractivity contribution in [1.82, 2.24) is 34.0 Å². The maximum Gasteiger partial charge on any atom is 0.290 e. The largest absolute Gasteiger partial charge is 0.483 e. The van der Waals surface area contributed by atoms with Gasteiger partial charge in [-0.3, -0.25) is 14.3 Å². The van der Waals surface area contributed by atoms with Crippen LogP contribution in [0.3, 0.4) is 0 Å². The standard InChI is InChI=1S/C18H17N7O.CH2O2/c1-23-7-12(6-21-23)13-8-25(9-14-17(13)20-11-19-14)18(26)15-10-24-5-3-2-4-16(24)22-15;2-1-3/h2-7,10-11,13H,8-9H2,1H3,(H,19,20);1H,(H,2,3). The van der Waals surface area contributed by atoms with Crippen molar-refractivity contribution in [2.45, 2.75) is 12.5 Å². The molecule has 0 radical (unpaired) electrons. The van der Waals surface area contributed by atoms with Gasteiger partial charge in [0, 0.05) is 43.7 Å². The Bertz CT molecular complexity index is 1130. The molecule has 0 saturated heterocycles. The van der Waals surface area contributed by atoms with Gasteiger partial charge < -0.3 is 19.4 Å². The van der Waals surface area contributed by atoms with Gasteiger partial charge in [0.15, 0.2) is 0 Å². The molecule has 5 heterocycles. The Kier molecular flexibility index (Phi) is 4.82. The van der Waals surface area contributed by atoms with Gasteiger partial charge in [-0.2, -0.15) is 5.10 Å². The van der Waals surface area contributed by atoms with Crippen LogP contribution in [0.1, 0.15) is 33.4 Å². The number of rotatable bonds is 2. The van der Waals surface area contributed by atoms with E-state index in [1.807, 2.05) is 53.1 Å². The van der Waals surface area contributed by atoms with Crippen LogP contribution in [0.4, 0.5) is 0 Å². The molecule has 10 heteroatoms. The van der Waals surface area contributed by atoms with Crippen LogP contribution in [0.5, 0.6) is 0 Å². The smallest absolute Gasteiger partial charge is 0.290 e. The first kappa shape index (κ1) is 18.4. The van der Waals surface area contributed by atoms with Gasteiger partial charge in [-0.05, 0) is 12.1 Å². The summed E-state index contributed by atoms with van der Waals surface area (Å²) in [5.41, 5.74) is 4.20. The van der Waals surface area contributed by atoms with Crippen molar-refractivity contribution < 1.29 is 14.7 Å². The fraction of sp³-hybridized carbons (Fsp3) is 0.211. The molecule has 2 N–H and O–H groups in total. The minimum Gasteiger partial charge on any atom is -0.483 e. The molecule has 0 aliphatic carbocycles. The molecule has 148 valence electrons. The Morgan fingerprint density at radius 3 is 2.90 bits per heavy atom. The highest BCUT2D eigenvalue weighted by molar-refractivity contribution is 5.93. The van der Waals surface area contributed by atoms with Gasteiger partial charge in [0.05, 0.1) is 30.5 Å². The number of aromatic amines is 1. The van der Waals surface area contributed by atoms with Gasteiger partial charge in [0.1, 0.15) is 11.3 Å². The average Bonchev–Trinajstić information content (AvgIpc) is 3.45. The van der Waals surface area contributed by atoms with E-state index in [0.717, 1.165) is 22.6 Å². The maximum absolute atomic E-state index is 13.1. The van der Waals surface area contributed by atoms with Crippen molar-refractivity contribution in [3.05, 3.63) is 72.0 Å². The summed E-state index contributed by atoms with van der Waals surface area (Å²) in [6, 6.07) is 5.71. The molecule has 29 heavy (non-hydrogen) atoms. The fourth-order valence-electron chi connectivity index (χ4n) is 3.56. The summed E-state index contributed by atoms with van der Waals surface area (Å²) in [7, 11) is 1.89. The third-order valence-corrected chi connectivity index (χ3v) is 4.83. The van der Waals surface area contributed by atoms with Crippen LogP contribution >= 0.6 is 0 Å². The number of nitrogens with zero attached hydrogens (tertiary/aromatic N) is 6. The van der Waals surface area contributed by atoms with Gasteiger partial charge in [-0.25, -0.2) is 9.97 Å². The van der Waals surface area contributed by atoms with Crippen LogP contribution in [0.2, 0.25) is 0 Å². The summed E-state index contributed by atoms with van der Waals surface area (Å²) >= 11 is 0. The average molecular weight is 393 g/mol. The lowest BCUT2D eigenvalue weighted by Crippen LogP contribution is -2.38. The van der Waals surface area contributed by atoms with E-state index in [-0.39, 0.29) is 18.3 Å². The minimum absolute atomic E-state index is 0.000295. The molecule has 1 aliphatic heterocycles. The summed E-state index contributed by atoms with van der Waals surface area (Å²) in [5.74, 6) is -0.0810. The van der Waals surface area contributed by atoms with Crippen LogP contribution < -0.4 is 0 Å². The Morgan fingerprint density at radius 1 is 1.34 bits per heavy atom. The number of carboxylic acid groups (broad SMARTS) is 1. The van der Waals surface area contributed by atoms with E-state index in [4.69, 9.17) is 9.90 Å². The summed E-state index contributed by atoms with van der Waals surface area (Å²) in [6.45, 7) is 0.801. The Balaban J connectivity index is 0.000000645. The van der Waals surface area contributed by atoms with E-state index in [2.05, 4.69) is 20.1 Å². The Morgan fingerprint density at radius 2 is 2.17 bits per heavy atom. The number of hydrogen-bond donors (Lipinski definition) is 2. The zero-order valence-electron chi connectivity index (χ0n) is 15.6. The third kappa shape index (κ3) is 3.47. The lowest BCUT2D eigenvalue weighted by molar-refractivity contribution is -0.122. The predicted octanol–water partition coefficient (Wildman–Crippen LogP) is 1.28. The van der Waals surface area contributed by atoms with Crippen LogP contribution in [-0.4, -0.2) is 58.1 Å². The van der Waals surface area contributed by atoms with Crippen LogP contribution in [0, 0.1) is 0 Å². The topological polar surface area (TPSA) is 121 Å². The second-order valence-electron chi connectivity index (χ2n) is 6.65. The number of aryl methyl sites for hydroxylation is 1. The summed E-state index contributed by atoms with van der Waals surface area (Å²) < 4.78 is 3.63. The van der Waals surface area contributed by atoms with Crippen LogP contribution in [0.25, 0.3) is 5.65 Å². The van der Waals surface area contributed by atoms with E-state index in [1.165, 1.54) is 0 Å². The van der Waals surface area contributed by atoms with E-state index in [0.29, 0.717) is 18.8 Å². The molecule has 10 nitrogen and oxygen atoms in total. The van der Waals surface area contributed by atoms with Crippen molar-refractivity contribution in [2.75, 3.05) is 6.54 Å². The number of amides is 1. The summed E-state index contributed by atoms with van der Waals surface area (Å²) in [4.78, 5) is 35.4. The van der Waals surface area contributed by atoms with E-state index in [9.17, 15) is 4.79 Å². The number of imidazole rings is 2. The normalized spacial score (nSPS) is 15.5. The first-order valence-electron chi connectivity index (χ1n) is 8.92. The minimum atomic E-state index is -0.250. The van der Waals surface area contributed by atoms with Gasteiger partial charge >= 0.3 is 0 Å². The van der Waals surface area contributed by atoms with Crippen LogP contribution in [0.15, 0.2) is 49.3 Å². The highest BCUT2D eigenvalue weighted by Crippen LogP contribution is 2.31. The van der Waals surface area contributed by atoms with Crippen molar-refractivity contribution in [3.8, 4) is 0 Å². The second-order valence-corrected chi connectivity index (χ2v) is 6.65. The van der Waals surface area contributed by atoms with Gasteiger partial charge in [-0.15, -0.1) is 0 Å². The van der Waals surface area contributed by atoms with Crippen molar-refractivity contribution >= 4 is 18.0 Å². The SMILES string of the molecule is Cn1cc(C2CN(C(=O)c3cn4ccccc4n3)Cc3[nH]cnc32)cn1.O=CO. The van der Waals surface area contributed by atoms with Crippen molar-refractivity contribution in [1.29, 1.82) is 0 Å². The molecule has 5 rings (SSSR count). The number of H-pyrrole nitrogens is 1. The van der Waals surface area contributed by atoms with Gasteiger partial charge in [0.2, 0.25) is 0 Å². The number of fused-ring (bicyclic) bond motifs is 2. The molecule has 1 aliphatic rings. The number of pyridine rings is 1. The maximum atomic E-state index is 13.1. The summed E-state index contributed by atoms with van der Waals surface area (Å²) in [6.07, 6.45) is 9.16. The van der Waals surface area contributed by atoms with E-state index < -0.39 is 0 Å². The quantitative estimate of drug-likeness (QED) is 0.495. The lowest BCUT2D eigenvalue weighted by Gasteiger charge is -2.31.